The highest BCUT2D eigenvalue weighted by Gasteiger charge is 2.45. The van der Waals surface area contributed by atoms with Gasteiger partial charge in [0.1, 0.15) is 5.75 Å². The van der Waals surface area contributed by atoms with E-state index in [9.17, 15) is 21.6 Å². The molecule has 0 amide bonds. The van der Waals surface area contributed by atoms with Crippen LogP contribution >= 0.6 is 0 Å². The normalized spacial score (nSPS) is 18.0. The maximum atomic E-state index is 12.7. The maximum Gasteiger partial charge on any atom is 0.415 e. The fourth-order valence-electron chi connectivity index (χ4n) is 2.25. The van der Waals surface area contributed by atoms with Gasteiger partial charge in [0.05, 0.1) is 6.10 Å². The van der Waals surface area contributed by atoms with Gasteiger partial charge in [0, 0.05) is 0 Å². The molecule has 1 N–H and O–H groups in total. The molecule has 0 spiro atoms. The predicted octanol–water partition coefficient (Wildman–Crippen LogP) is 1.99. The zero-order chi connectivity index (χ0) is 15.0. The van der Waals surface area contributed by atoms with Crippen LogP contribution in [0.3, 0.4) is 0 Å². The van der Waals surface area contributed by atoms with Crippen molar-refractivity contribution in [2.24, 2.45) is 0 Å². The Balaban J connectivity index is 2.07. The molecule has 1 aromatic carbocycles. The lowest BCUT2D eigenvalue weighted by Gasteiger charge is -2.23. The molecule has 20 heavy (non-hydrogen) atoms. The van der Waals surface area contributed by atoms with Crippen molar-refractivity contribution in [1.82, 2.24) is 0 Å². The van der Waals surface area contributed by atoms with E-state index >= 15 is 0 Å². The van der Waals surface area contributed by atoms with Crippen LogP contribution in [-0.2, 0) is 27.7 Å². The first-order valence-corrected chi connectivity index (χ1v) is 7.50. The lowest BCUT2D eigenvalue weighted by molar-refractivity contribution is -0.224. The third-order valence-electron chi connectivity index (χ3n) is 3.10. The fraction of sp³-hybridized carbons (Fsp3) is 0.500. The zero-order valence-electron chi connectivity index (χ0n) is 10.3. The van der Waals surface area contributed by atoms with Gasteiger partial charge in [-0.05, 0) is 24.0 Å². The zero-order valence-corrected chi connectivity index (χ0v) is 11.1. The number of alkyl halides is 3. The van der Waals surface area contributed by atoms with Crippen LogP contribution < -0.4 is 0 Å². The van der Waals surface area contributed by atoms with E-state index in [0.717, 1.165) is 11.1 Å². The highest BCUT2D eigenvalue weighted by atomic mass is 32.2. The van der Waals surface area contributed by atoms with E-state index in [4.69, 9.17) is 9.29 Å². The minimum atomic E-state index is -4.84. The summed E-state index contributed by atoms with van der Waals surface area (Å²) in [6, 6.07) is 7.15. The van der Waals surface area contributed by atoms with Gasteiger partial charge in [0.15, 0.2) is 6.10 Å². The quantitative estimate of drug-likeness (QED) is 0.864. The van der Waals surface area contributed by atoms with Crippen LogP contribution in [0.25, 0.3) is 0 Å². The second-order valence-corrected chi connectivity index (χ2v) is 6.21. The number of fused-ring (bicyclic) bond motifs is 1. The molecule has 0 heterocycles. The molecule has 112 valence electrons. The average Bonchev–Trinajstić information content (AvgIpc) is 2.67. The molecule has 1 unspecified atom stereocenters. The van der Waals surface area contributed by atoms with Crippen LogP contribution in [0.1, 0.15) is 11.1 Å². The number of hydrogen-bond acceptors (Lipinski definition) is 3. The van der Waals surface area contributed by atoms with Gasteiger partial charge in [-0.2, -0.15) is 21.6 Å². The second kappa shape index (κ2) is 5.34. The number of halogens is 3. The molecule has 1 atom stereocenters. The van der Waals surface area contributed by atoms with E-state index in [1.165, 1.54) is 0 Å². The van der Waals surface area contributed by atoms with Gasteiger partial charge in [-0.1, -0.05) is 24.3 Å². The van der Waals surface area contributed by atoms with E-state index in [2.05, 4.69) is 0 Å². The molecule has 0 aliphatic heterocycles. The first kappa shape index (κ1) is 15.3. The molecule has 1 aromatic rings. The van der Waals surface area contributed by atoms with Crippen LogP contribution in [0.5, 0.6) is 0 Å². The van der Waals surface area contributed by atoms with Crippen LogP contribution in [0.2, 0.25) is 0 Å². The van der Waals surface area contributed by atoms with Crippen LogP contribution in [-0.4, -0.2) is 37.1 Å². The standard InChI is InChI=1S/C12H13F3O4S/c13-12(14,15)11(7-20(16,17)18)19-10-5-8-3-1-2-4-9(8)6-10/h1-4,10-11H,5-7H2,(H,16,17,18). The van der Waals surface area contributed by atoms with Gasteiger partial charge in [0.2, 0.25) is 0 Å². The van der Waals surface area contributed by atoms with Gasteiger partial charge >= 0.3 is 6.18 Å². The topological polar surface area (TPSA) is 63.6 Å². The summed E-state index contributed by atoms with van der Waals surface area (Å²) in [4.78, 5) is 0. The number of ether oxygens (including phenoxy) is 1. The van der Waals surface area contributed by atoms with Crippen molar-refractivity contribution >= 4 is 10.1 Å². The van der Waals surface area contributed by atoms with E-state index in [1.54, 1.807) is 24.3 Å². The summed E-state index contributed by atoms with van der Waals surface area (Å²) in [6.45, 7) is 0. The summed E-state index contributed by atoms with van der Waals surface area (Å²) >= 11 is 0. The Morgan fingerprint density at radius 3 is 2.15 bits per heavy atom. The van der Waals surface area contributed by atoms with Gasteiger partial charge < -0.3 is 4.74 Å². The minimum absolute atomic E-state index is 0.300. The van der Waals surface area contributed by atoms with Gasteiger partial charge in [-0.3, -0.25) is 4.55 Å². The van der Waals surface area contributed by atoms with Crippen molar-refractivity contribution in [2.75, 3.05) is 5.75 Å². The molecule has 0 aromatic heterocycles. The molecule has 0 radical (unpaired) electrons. The van der Waals surface area contributed by atoms with E-state index in [0.29, 0.717) is 12.8 Å². The van der Waals surface area contributed by atoms with Crippen molar-refractivity contribution < 1.29 is 30.9 Å². The Hall–Kier alpha value is -1.12. The third kappa shape index (κ3) is 3.94. The Labute approximate surface area is 114 Å². The number of benzene rings is 1. The van der Waals surface area contributed by atoms with Crippen molar-refractivity contribution in [3.63, 3.8) is 0 Å². The fourth-order valence-corrected chi connectivity index (χ4v) is 2.90. The van der Waals surface area contributed by atoms with Gasteiger partial charge in [0.25, 0.3) is 10.1 Å². The van der Waals surface area contributed by atoms with Gasteiger partial charge in [-0.15, -0.1) is 0 Å². The third-order valence-corrected chi connectivity index (χ3v) is 3.82. The summed E-state index contributed by atoms with van der Waals surface area (Å²) in [5, 5.41) is 0. The number of rotatable bonds is 4. The Bertz CT molecular complexity index is 558. The highest BCUT2D eigenvalue weighted by Crippen LogP contribution is 2.30. The highest BCUT2D eigenvalue weighted by molar-refractivity contribution is 7.85. The molecule has 1 aliphatic carbocycles. The van der Waals surface area contributed by atoms with E-state index < -0.39 is 34.3 Å². The summed E-state index contributed by atoms with van der Waals surface area (Å²) < 4.78 is 73.0. The second-order valence-electron chi connectivity index (χ2n) is 4.71. The van der Waals surface area contributed by atoms with Crippen molar-refractivity contribution in [3.05, 3.63) is 35.4 Å². The summed E-state index contributed by atoms with van der Waals surface area (Å²) in [5.41, 5.74) is 1.79. The van der Waals surface area contributed by atoms with Crippen molar-refractivity contribution in [2.45, 2.75) is 31.2 Å². The SMILES string of the molecule is O=S(=O)(O)CC(OC1Cc2ccccc2C1)C(F)(F)F. The Kier molecular flexibility index (Phi) is 4.08. The lowest BCUT2D eigenvalue weighted by atomic mass is 10.1. The lowest BCUT2D eigenvalue weighted by Crippen LogP contribution is -2.40. The molecule has 4 nitrogen and oxygen atoms in total. The molecule has 2 rings (SSSR count). The summed E-state index contributed by atoms with van der Waals surface area (Å²) in [5.74, 6) is -1.48. The smallest absolute Gasteiger partial charge is 0.364 e. The van der Waals surface area contributed by atoms with Gasteiger partial charge in [-0.25, -0.2) is 0 Å². The van der Waals surface area contributed by atoms with Crippen LogP contribution in [0.15, 0.2) is 24.3 Å². The van der Waals surface area contributed by atoms with E-state index in [-0.39, 0.29) is 0 Å². The molecule has 0 saturated carbocycles. The largest absolute Gasteiger partial charge is 0.415 e. The molecule has 0 bridgehead atoms. The Morgan fingerprint density at radius 2 is 1.75 bits per heavy atom. The monoisotopic (exact) mass is 310 g/mol. The molecule has 0 fully saturated rings. The first-order valence-electron chi connectivity index (χ1n) is 5.89. The summed E-state index contributed by atoms with van der Waals surface area (Å²) in [6.07, 6.45) is -7.50. The van der Waals surface area contributed by atoms with Crippen molar-refractivity contribution in [3.8, 4) is 0 Å². The molecular weight excluding hydrogens is 297 g/mol. The van der Waals surface area contributed by atoms with Crippen molar-refractivity contribution in [1.29, 1.82) is 0 Å². The summed E-state index contributed by atoms with van der Waals surface area (Å²) in [7, 11) is -4.76. The first-order chi connectivity index (χ1) is 9.15. The van der Waals surface area contributed by atoms with Crippen LogP contribution in [0.4, 0.5) is 13.2 Å². The molecule has 8 heteroatoms. The maximum absolute atomic E-state index is 12.7. The number of hydrogen-bond donors (Lipinski definition) is 1. The molecular formula is C12H13F3O4S. The van der Waals surface area contributed by atoms with Crippen LogP contribution in [0, 0.1) is 0 Å². The Morgan fingerprint density at radius 1 is 1.25 bits per heavy atom. The average molecular weight is 310 g/mol. The minimum Gasteiger partial charge on any atom is -0.364 e. The predicted molar refractivity (Wildman–Crippen MR) is 65.0 cm³/mol. The van der Waals surface area contributed by atoms with E-state index in [1.807, 2.05) is 0 Å². The molecule has 0 saturated heterocycles. The molecule has 1 aliphatic rings.